The molecule has 0 bridgehead atoms. The fourth-order valence-electron chi connectivity index (χ4n) is 2.02. The van der Waals surface area contributed by atoms with Crippen LogP contribution in [0.3, 0.4) is 0 Å². The smallest absolute Gasteiger partial charge is 0.224 e. The molecule has 1 aliphatic rings. The number of nitrogens with one attached hydrogen (secondary N) is 1. The summed E-state index contributed by atoms with van der Waals surface area (Å²) in [5.74, 6) is 1.43. The molecule has 0 unspecified atom stereocenters. The van der Waals surface area contributed by atoms with Crippen LogP contribution in [0.5, 0.6) is 0 Å². The molecule has 19 heavy (non-hydrogen) atoms. The second kappa shape index (κ2) is 5.70. The lowest BCUT2D eigenvalue weighted by Crippen LogP contribution is -2.48. The van der Waals surface area contributed by atoms with E-state index in [1.807, 2.05) is 13.0 Å². The molecule has 0 radical (unpaired) electrons. The third kappa shape index (κ3) is 3.54. The van der Waals surface area contributed by atoms with Crippen molar-refractivity contribution in [1.29, 1.82) is 0 Å². The molecule has 0 aliphatic carbocycles. The molecule has 1 aromatic rings. The van der Waals surface area contributed by atoms with E-state index in [2.05, 4.69) is 20.2 Å². The summed E-state index contributed by atoms with van der Waals surface area (Å²) in [6.45, 7) is 5.05. The Kier molecular flexibility index (Phi) is 4.20. The highest BCUT2D eigenvalue weighted by atomic mass is 32.2. The van der Waals surface area contributed by atoms with Crippen molar-refractivity contribution in [2.45, 2.75) is 6.92 Å². The second-order valence-electron chi connectivity index (χ2n) is 4.42. The molecule has 2 heterocycles. The quantitative estimate of drug-likeness (QED) is 0.838. The first kappa shape index (κ1) is 14.0. The molecule has 8 heteroatoms. The second-order valence-corrected chi connectivity index (χ2v) is 6.40. The van der Waals surface area contributed by atoms with Crippen molar-refractivity contribution < 1.29 is 8.42 Å². The van der Waals surface area contributed by atoms with Gasteiger partial charge in [0.2, 0.25) is 16.0 Å². The number of anilines is 2. The minimum Gasteiger partial charge on any atom is -0.354 e. The highest BCUT2D eigenvalue weighted by Crippen LogP contribution is 2.15. The van der Waals surface area contributed by atoms with Gasteiger partial charge in [-0.25, -0.2) is 13.4 Å². The third-order valence-electron chi connectivity index (χ3n) is 3.01. The highest BCUT2D eigenvalue weighted by Gasteiger charge is 2.24. The first-order chi connectivity index (χ1) is 9.00. The molecule has 0 aromatic carbocycles. The highest BCUT2D eigenvalue weighted by molar-refractivity contribution is 7.88. The van der Waals surface area contributed by atoms with Gasteiger partial charge in [-0.1, -0.05) is 0 Å². The van der Waals surface area contributed by atoms with Gasteiger partial charge in [0, 0.05) is 38.9 Å². The fraction of sp³-hybridized carbons (Fsp3) is 0.636. The Balaban J connectivity index is 2.03. The normalized spacial score (nSPS) is 17.5. The molecule has 0 spiro atoms. The van der Waals surface area contributed by atoms with Gasteiger partial charge in [0.05, 0.1) is 6.26 Å². The van der Waals surface area contributed by atoms with Crippen LogP contribution in [-0.4, -0.2) is 61.7 Å². The summed E-state index contributed by atoms with van der Waals surface area (Å²) in [5, 5.41) is 3.06. The zero-order valence-electron chi connectivity index (χ0n) is 11.2. The Hall–Kier alpha value is -1.41. The van der Waals surface area contributed by atoms with Crippen molar-refractivity contribution in [1.82, 2.24) is 14.3 Å². The van der Waals surface area contributed by atoms with E-state index in [0.717, 1.165) is 12.4 Å². The van der Waals surface area contributed by atoms with Gasteiger partial charge >= 0.3 is 0 Å². The molecule has 2 rings (SSSR count). The van der Waals surface area contributed by atoms with E-state index < -0.39 is 10.0 Å². The number of nitrogens with zero attached hydrogens (tertiary/aromatic N) is 4. The minimum absolute atomic E-state index is 0.499. The number of aromatic nitrogens is 2. The molecule has 1 aromatic heterocycles. The van der Waals surface area contributed by atoms with Gasteiger partial charge in [0.1, 0.15) is 5.82 Å². The predicted molar refractivity (Wildman–Crippen MR) is 74.8 cm³/mol. The van der Waals surface area contributed by atoms with Crippen LogP contribution in [0, 0.1) is 0 Å². The fourth-order valence-corrected chi connectivity index (χ4v) is 2.84. The molecule has 106 valence electrons. The van der Waals surface area contributed by atoms with Crippen LogP contribution >= 0.6 is 0 Å². The van der Waals surface area contributed by atoms with Crippen LogP contribution in [0.2, 0.25) is 0 Å². The van der Waals surface area contributed by atoms with Crippen molar-refractivity contribution in [3.63, 3.8) is 0 Å². The van der Waals surface area contributed by atoms with Gasteiger partial charge in [-0.3, -0.25) is 0 Å². The monoisotopic (exact) mass is 285 g/mol. The van der Waals surface area contributed by atoms with Gasteiger partial charge in [-0.2, -0.15) is 9.29 Å². The summed E-state index contributed by atoms with van der Waals surface area (Å²) in [7, 11) is -3.09. The number of hydrogen-bond donors (Lipinski definition) is 1. The van der Waals surface area contributed by atoms with Crippen molar-refractivity contribution >= 4 is 21.8 Å². The maximum atomic E-state index is 11.4. The summed E-state index contributed by atoms with van der Waals surface area (Å²) >= 11 is 0. The van der Waals surface area contributed by atoms with Crippen LogP contribution in [0.1, 0.15) is 6.92 Å². The van der Waals surface area contributed by atoms with Crippen LogP contribution in [0.15, 0.2) is 12.3 Å². The lowest BCUT2D eigenvalue weighted by molar-refractivity contribution is 0.387. The van der Waals surface area contributed by atoms with Crippen molar-refractivity contribution in [2.24, 2.45) is 0 Å². The van der Waals surface area contributed by atoms with E-state index in [-0.39, 0.29) is 0 Å². The Labute approximate surface area is 113 Å². The molecule has 1 fully saturated rings. The number of rotatable bonds is 4. The van der Waals surface area contributed by atoms with Gasteiger partial charge in [0.25, 0.3) is 0 Å². The molecule has 1 aliphatic heterocycles. The van der Waals surface area contributed by atoms with E-state index in [0.29, 0.717) is 32.1 Å². The Morgan fingerprint density at radius 3 is 2.58 bits per heavy atom. The standard InChI is InChI=1S/C11H19N5O2S/c1-3-12-11-13-5-4-10(14-11)15-6-8-16(9-7-15)19(2,17)18/h4-5H,3,6-9H2,1-2H3,(H,12,13,14). The molecule has 0 saturated carbocycles. The Morgan fingerprint density at radius 2 is 2.00 bits per heavy atom. The lowest BCUT2D eigenvalue weighted by Gasteiger charge is -2.33. The van der Waals surface area contributed by atoms with Gasteiger partial charge < -0.3 is 10.2 Å². The van der Waals surface area contributed by atoms with Crippen LogP contribution in [0.25, 0.3) is 0 Å². The average Bonchev–Trinajstić information content (AvgIpc) is 2.39. The summed E-state index contributed by atoms with van der Waals surface area (Å²) in [6.07, 6.45) is 2.96. The predicted octanol–water partition coefficient (Wildman–Crippen LogP) is -0.01000. The van der Waals surface area contributed by atoms with E-state index in [1.165, 1.54) is 10.6 Å². The van der Waals surface area contributed by atoms with E-state index in [9.17, 15) is 8.42 Å². The SMILES string of the molecule is CCNc1nccc(N2CCN(S(C)(=O)=O)CC2)n1. The zero-order valence-corrected chi connectivity index (χ0v) is 12.0. The Bertz CT molecular complexity index is 526. The molecule has 1 N–H and O–H groups in total. The molecular weight excluding hydrogens is 266 g/mol. The molecule has 0 amide bonds. The molecule has 7 nitrogen and oxygen atoms in total. The Morgan fingerprint density at radius 1 is 1.32 bits per heavy atom. The summed E-state index contributed by atoms with van der Waals surface area (Å²) < 4.78 is 24.4. The van der Waals surface area contributed by atoms with Gasteiger partial charge in [-0.05, 0) is 13.0 Å². The largest absolute Gasteiger partial charge is 0.354 e. The van der Waals surface area contributed by atoms with Gasteiger partial charge in [0.15, 0.2) is 0 Å². The van der Waals surface area contributed by atoms with Crippen molar-refractivity contribution in [2.75, 3.05) is 49.2 Å². The van der Waals surface area contributed by atoms with E-state index in [4.69, 9.17) is 0 Å². The number of piperazine rings is 1. The van der Waals surface area contributed by atoms with Crippen molar-refractivity contribution in [3.8, 4) is 0 Å². The van der Waals surface area contributed by atoms with Crippen LogP contribution in [0.4, 0.5) is 11.8 Å². The van der Waals surface area contributed by atoms with E-state index in [1.54, 1.807) is 6.20 Å². The minimum atomic E-state index is -3.09. The first-order valence-electron chi connectivity index (χ1n) is 6.27. The third-order valence-corrected chi connectivity index (χ3v) is 4.31. The van der Waals surface area contributed by atoms with E-state index >= 15 is 0 Å². The maximum absolute atomic E-state index is 11.4. The van der Waals surface area contributed by atoms with Crippen molar-refractivity contribution in [3.05, 3.63) is 12.3 Å². The molecular formula is C11H19N5O2S. The maximum Gasteiger partial charge on any atom is 0.224 e. The van der Waals surface area contributed by atoms with Gasteiger partial charge in [-0.15, -0.1) is 0 Å². The summed E-state index contributed by atoms with van der Waals surface area (Å²) in [4.78, 5) is 10.6. The topological polar surface area (TPSA) is 78.4 Å². The molecule has 1 saturated heterocycles. The average molecular weight is 285 g/mol. The summed E-state index contributed by atoms with van der Waals surface area (Å²) in [5.41, 5.74) is 0. The summed E-state index contributed by atoms with van der Waals surface area (Å²) in [6, 6.07) is 1.84. The van der Waals surface area contributed by atoms with Crippen LogP contribution in [-0.2, 0) is 10.0 Å². The van der Waals surface area contributed by atoms with Crippen LogP contribution < -0.4 is 10.2 Å². The first-order valence-corrected chi connectivity index (χ1v) is 8.12. The lowest BCUT2D eigenvalue weighted by atomic mass is 10.3. The number of hydrogen-bond acceptors (Lipinski definition) is 6. The molecule has 0 atom stereocenters. The zero-order chi connectivity index (χ0) is 13.9. The number of sulfonamides is 1.